The maximum absolute atomic E-state index is 4.46. The Morgan fingerprint density at radius 2 is 2.05 bits per heavy atom. The number of likely N-dealkylation sites (tertiary alicyclic amines) is 1. The lowest BCUT2D eigenvalue weighted by molar-refractivity contribution is 0.304. The number of hydrogen-bond acceptors (Lipinski definition) is 6. The standard InChI is InChI=1S/C6H13N.C4H5NO.C3H4N2O/c1-6-3-4-7(2)5-6;1-4-2-3-6-5-4;1-3-2-4-6-5-3/h6H,3-5H2,1-2H3;2-3H,1H3;2H,1H3. The molecule has 19 heavy (non-hydrogen) atoms. The summed E-state index contributed by atoms with van der Waals surface area (Å²) >= 11 is 0. The molecule has 0 spiro atoms. The molecule has 0 saturated carbocycles. The van der Waals surface area contributed by atoms with Gasteiger partial charge < -0.3 is 9.42 Å². The Labute approximate surface area is 113 Å². The van der Waals surface area contributed by atoms with Gasteiger partial charge in [0.25, 0.3) is 0 Å². The summed E-state index contributed by atoms with van der Waals surface area (Å²) in [6.07, 6.45) is 4.51. The summed E-state index contributed by atoms with van der Waals surface area (Å²) in [6.45, 7) is 8.62. The van der Waals surface area contributed by atoms with E-state index in [0.29, 0.717) is 0 Å². The summed E-state index contributed by atoms with van der Waals surface area (Å²) in [5.74, 6) is 0.949. The number of rotatable bonds is 0. The minimum absolute atomic E-state index is 0.815. The van der Waals surface area contributed by atoms with Crippen LogP contribution in [0.15, 0.2) is 27.7 Å². The molecule has 0 bridgehead atoms. The SMILES string of the molecule is CC1CCN(C)C1.Cc1ccon1.Cc1cnon1. The van der Waals surface area contributed by atoms with E-state index in [-0.39, 0.29) is 0 Å². The first-order chi connectivity index (χ1) is 9.08. The summed E-state index contributed by atoms with van der Waals surface area (Å²) < 4.78 is 8.68. The van der Waals surface area contributed by atoms with Crippen LogP contribution in [0.3, 0.4) is 0 Å². The summed E-state index contributed by atoms with van der Waals surface area (Å²) in [5.41, 5.74) is 1.74. The third-order valence-corrected chi connectivity index (χ3v) is 2.67. The molecule has 1 atom stereocenters. The van der Waals surface area contributed by atoms with Crippen LogP contribution in [0, 0.1) is 19.8 Å². The van der Waals surface area contributed by atoms with Crippen molar-refractivity contribution in [1.82, 2.24) is 20.4 Å². The predicted molar refractivity (Wildman–Crippen MR) is 71.6 cm³/mol. The van der Waals surface area contributed by atoms with E-state index in [0.717, 1.165) is 17.3 Å². The van der Waals surface area contributed by atoms with E-state index in [2.05, 4.69) is 43.5 Å². The van der Waals surface area contributed by atoms with Crippen LogP contribution < -0.4 is 0 Å². The molecule has 6 heteroatoms. The van der Waals surface area contributed by atoms with Gasteiger partial charge >= 0.3 is 0 Å². The van der Waals surface area contributed by atoms with Crippen molar-refractivity contribution in [2.75, 3.05) is 20.1 Å². The Bertz CT molecular complexity index is 374. The van der Waals surface area contributed by atoms with Gasteiger partial charge in [0, 0.05) is 12.6 Å². The Kier molecular flexibility index (Phi) is 6.81. The smallest absolute Gasteiger partial charge is 0.124 e. The van der Waals surface area contributed by atoms with Crippen molar-refractivity contribution in [1.29, 1.82) is 0 Å². The van der Waals surface area contributed by atoms with E-state index in [4.69, 9.17) is 0 Å². The second-order valence-corrected chi connectivity index (χ2v) is 4.85. The van der Waals surface area contributed by atoms with E-state index in [1.165, 1.54) is 19.5 Å². The van der Waals surface area contributed by atoms with Crippen LogP contribution >= 0.6 is 0 Å². The molecular formula is C13H22N4O2. The largest absolute Gasteiger partial charge is 0.365 e. The topological polar surface area (TPSA) is 68.2 Å². The molecule has 3 rings (SSSR count). The lowest BCUT2D eigenvalue weighted by atomic mass is 10.2. The lowest BCUT2D eigenvalue weighted by Crippen LogP contribution is -2.12. The molecule has 2 aromatic heterocycles. The zero-order chi connectivity index (χ0) is 14.1. The quantitative estimate of drug-likeness (QED) is 0.729. The van der Waals surface area contributed by atoms with Crippen LogP contribution in [-0.4, -0.2) is 40.5 Å². The van der Waals surface area contributed by atoms with Crippen molar-refractivity contribution in [2.45, 2.75) is 27.2 Å². The van der Waals surface area contributed by atoms with E-state index in [1.807, 2.05) is 13.8 Å². The Morgan fingerprint density at radius 3 is 2.21 bits per heavy atom. The number of hydrogen-bond donors (Lipinski definition) is 0. The molecule has 0 amide bonds. The monoisotopic (exact) mass is 266 g/mol. The maximum atomic E-state index is 4.46. The number of nitrogens with zero attached hydrogens (tertiary/aromatic N) is 4. The van der Waals surface area contributed by atoms with Crippen molar-refractivity contribution < 1.29 is 9.15 Å². The lowest BCUT2D eigenvalue weighted by Gasteiger charge is -2.03. The Balaban J connectivity index is 0.000000143. The fraction of sp³-hybridized carbons (Fsp3) is 0.615. The number of aryl methyl sites for hydroxylation is 2. The van der Waals surface area contributed by atoms with Gasteiger partial charge in [-0.3, -0.25) is 0 Å². The highest BCUT2D eigenvalue weighted by Crippen LogP contribution is 2.11. The molecule has 1 fully saturated rings. The van der Waals surface area contributed by atoms with Gasteiger partial charge in [0.05, 0.1) is 11.9 Å². The van der Waals surface area contributed by atoms with Crippen LogP contribution in [0.2, 0.25) is 0 Å². The van der Waals surface area contributed by atoms with Crippen molar-refractivity contribution in [3.63, 3.8) is 0 Å². The highest BCUT2D eigenvalue weighted by molar-refractivity contribution is 4.89. The van der Waals surface area contributed by atoms with E-state index < -0.39 is 0 Å². The first kappa shape index (κ1) is 15.4. The van der Waals surface area contributed by atoms with Crippen LogP contribution in [0.1, 0.15) is 24.7 Å². The van der Waals surface area contributed by atoms with Crippen LogP contribution in [0.25, 0.3) is 0 Å². The zero-order valence-corrected chi connectivity index (χ0v) is 12.0. The second-order valence-electron chi connectivity index (χ2n) is 4.85. The van der Waals surface area contributed by atoms with Crippen LogP contribution in [0.5, 0.6) is 0 Å². The van der Waals surface area contributed by atoms with Crippen LogP contribution in [-0.2, 0) is 0 Å². The van der Waals surface area contributed by atoms with Gasteiger partial charge in [-0.05, 0) is 39.8 Å². The predicted octanol–water partition coefficient (Wildman–Crippen LogP) is 2.32. The summed E-state index contributed by atoms with van der Waals surface area (Å²) in [4.78, 5) is 2.38. The van der Waals surface area contributed by atoms with Crippen molar-refractivity contribution in [3.05, 3.63) is 29.9 Å². The third-order valence-electron chi connectivity index (χ3n) is 2.67. The van der Waals surface area contributed by atoms with Crippen molar-refractivity contribution >= 4 is 0 Å². The minimum Gasteiger partial charge on any atom is -0.365 e. The van der Waals surface area contributed by atoms with Gasteiger partial charge in [-0.2, -0.15) is 0 Å². The highest BCUT2D eigenvalue weighted by atomic mass is 16.6. The van der Waals surface area contributed by atoms with Gasteiger partial charge in [0.2, 0.25) is 0 Å². The molecule has 0 radical (unpaired) electrons. The Morgan fingerprint density at radius 1 is 1.26 bits per heavy atom. The molecule has 6 nitrogen and oxygen atoms in total. The molecule has 106 valence electrons. The summed E-state index contributed by atoms with van der Waals surface area (Å²) in [5, 5.41) is 10.3. The minimum atomic E-state index is 0.815. The summed E-state index contributed by atoms with van der Waals surface area (Å²) in [6, 6.07) is 1.81. The van der Waals surface area contributed by atoms with Gasteiger partial charge in [0.15, 0.2) is 0 Å². The fourth-order valence-corrected chi connectivity index (χ4v) is 1.64. The first-order valence-corrected chi connectivity index (χ1v) is 6.37. The molecule has 1 aliphatic rings. The second kappa shape index (κ2) is 8.42. The molecule has 1 saturated heterocycles. The third kappa shape index (κ3) is 7.35. The average molecular weight is 266 g/mol. The van der Waals surface area contributed by atoms with E-state index in [9.17, 15) is 0 Å². The van der Waals surface area contributed by atoms with Crippen LogP contribution in [0.4, 0.5) is 0 Å². The zero-order valence-electron chi connectivity index (χ0n) is 12.0. The molecule has 0 aromatic carbocycles. The van der Waals surface area contributed by atoms with Crippen molar-refractivity contribution in [3.8, 4) is 0 Å². The van der Waals surface area contributed by atoms with E-state index in [1.54, 1.807) is 18.5 Å². The van der Waals surface area contributed by atoms with Gasteiger partial charge in [-0.25, -0.2) is 4.63 Å². The molecule has 1 aliphatic heterocycles. The molecule has 0 aliphatic carbocycles. The normalized spacial score (nSPS) is 18.2. The van der Waals surface area contributed by atoms with Gasteiger partial charge in [-0.15, -0.1) is 0 Å². The highest BCUT2D eigenvalue weighted by Gasteiger charge is 2.13. The maximum Gasteiger partial charge on any atom is 0.124 e. The van der Waals surface area contributed by atoms with Gasteiger partial charge in [0.1, 0.15) is 12.0 Å². The molecule has 0 N–H and O–H groups in total. The molecule has 3 heterocycles. The van der Waals surface area contributed by atoms with Crippen molar-refractivity contribution in [2.24, 2.45) is 5.92 Å². The molecular weight excluding hydrogens is 244 g/mol. The van der Waals surface area contributed by atoms with E-state index >= 15 is 0 Å². The molecule has 2 aromatic rings. The van der Waals surface area contributed by atoms with Gasteiger partial charge in [-0.1, -0.05) is 22.4 Å². The number of aromatic nitrogens is 3. The average Bonchev–Trinajstić information content (AvgIpc) is 3.07. The summed E-state index contributed by atoms with van der Waals surface area (Å²) in [7, 11) is 2.18. The molecule has 1 unspecified atom stereocenters. The first-order valence-electron chi connectivity index (χ1n) is 6.37. The Hall–Kier alpha value is -1.69. The fourth-order valence-electron chi connectivity index (χ4n) is 1.64.